The van der Waals surface area contributed by atoms with Crippen molar-refractivity contribution in [3.8, 4) is 0 Å². The van der Waals surface area contributed by atoms with Gasteiger partial charge in [-0.25, -0.2) is 4.98 Å². The number of aromatic nitrogens is 4. The molecule has 0 spiro atoms. The largest absolute Gasteiger partial charge is 0.304 e. The van der Waals surface area contributed by atoms with E-state index in [9.17, 15) is 4.79 Å². The maximum atomic E-state index is 12.2. The van der Waals surface area contributed by atoms with Crippen LogP contribution in [0.1, 0.15) is 27.4 Å². The van der Waals surface area contributed by atoms with Gasteiger partial charge >= 0.3 is 0 Å². The molecular formula is C14H15N5O. The first-order valence-corrected chi connectivity index (χ1v) is 6.34. The number of hydrogen-bond acceptors (Lipinski definition) is 3. The Morgan fingerprint density at radius 2 is 2.10 bits per heavy atom. The molecule has 102 valence electrons. The number of nitrogens with one attached hydrogen (secondary N) is 2. The zero-order chi connectivity index (χ0) is 14.3. The van der Waals surface area contributed by atoms with E-state index in [1.807, 2.05) is 43.4 Å². The second-order valence-electron chi connectivity index (χ2n) is 4.80. The molecule has 6 heteroatoms. The number of carbonyl (C=O) groups is 1. The third-order valence-electron chi connectivity index (χ3n) is 3.41. The molecule has 0 aromatic carbocycles. The fraction of sp³-hybridized carbons (Fsp3) is 0.214. The number of nitrogens with zero attached hydrogens (tertiary/aromatic N) is 3. The van der Waals surface area contributed by atoms with Crippen molar-refractivity contribution in [1.29, 1.82) is 0 Å². The van der Waals surface area contributed by atoms with Gasteiger partial charge in [-0.05, 0) is 32.9 Å². The maximum Gasteiger partial charge on any atom is 0.277 e. The Kier molecular flexibility index (Phi) is 2.78. The van der Waals surface area contributed by atoms with Crippen molar-refractivity contribution in [2.24, 2.45) is 0 Å². The van der Waals surface area contributed by atoms with Crippen molar-refractivity contribution in [2.45, 2.75) is 20.8 Å². The summed E-state index contributed by atoms with van der Waals surface area (Å²) in [6.45, 7) is 5.78. The topological polar surface area (TPSA) is 75.1 Å². The van der Waals surface area contributed by atoms with Crippen molar-refractivity contribution >= 4 is 17.4 Å². The van der Waals surface area contributed by atoms with Gasteiger partial charge in [0.05, 0.1) is 0 Å². The molecule has 3 rings (SSSR count). The average Bonchev–Trinajstić information content (AvgIpc) is 2.99. The molecule has 0 saturated heterocycles. The van der Waals surface area contributed by atoms with E-state index in [0.29, 0.717) is 11.5 Å². The van der Waals surface area contributed by atoms with Gasteiger partial charge in [0.2, 0.25) is 0 Å². The maximum absolute atomic E-state index is 12.2. The quantitative estimate of drug-likeness (QED) is 0.749. The number of aromatic amines is 1. The highest BCUT2D eigenvalue weighted by atomic mass is 16.2. The van der Waals surface area contributed by atoms with Crippen LogP contribution in [-0.2, 0) is 0 Å². The Morgan fingerprint density at radius 1 is 1.30 bits per heavy atom. The van der Waals surface area contributed by atoms with Gasteiger partial charge in [0, 0.05) is 23.1 Å². The fourth-order valence-electron chi connectivity index (χ4n) is 2.04. The van der Waals surface area contributed by atoms with Crippen LogP contribution in [-0.4, -0.2) is 25.5 Å². The number of carbonyl (C=O) groups excluding carboxylic acids is 1. The van der Waals surface area contributed by atoms with Crippen LogP contribution in [0.25, 0.3) is 5.65 Å². The van der Waals surface area contributed by atoms with Crippen molar-refractivity contribution in [1.82, 2.24) is 19.6 Å². The van der Waals surface area contributed by atoms with E-state index in [1.54, 1.807) is 6.20 Å². The molecule has 3 aromatic rings. The lowest BCUT2D eigenvalue weighted by molar-refractivity contribution is 0.102. The van der Waals surface area contributed by atoms with Gasteiger partial charge < -0.3 is 9.72 Å². The summed E-state index contributed by atoms with van der Waals surface area (Å²) < 4.78 is 1.89. The molecule has 3 heterocycles. The van der Waals surface area contributed by atoms with E-state index in [2.05, 4.69) is 20.5 Å². The summed E-state index contributed by atoms with van der Waals surface area (Å²) in [5.74, 6) is 0.281. The van der Waals surface area contributed by atoms with E-state index < -0.39 is 0 Å². The van der Waals surface area contributed by atoms with E-state index in [0.717, 1.165) is 22.6 Å². The second-order valence-corrected chi connectivity index (χ2v) is 4.80. The minimum Gasteiger partial charge on any atom is -0.304 e. The first-order chi connectivity index (χ1) is 9.56. The number of anilines is 1. The molecule has 2 N–H and O–H groups in total. The number of aryl methyl sites for hydroxylation is 2. The van der Waals surface area contributed by atoms with Gasteiger partial charge in [-0.3, -0.25) is 9.89 Å². The summed E-state index contributed by atoms with van der Waals surface area (Å²) in [5, 5.41) is 9.67. The van der Waals surface area contributed by atoms with Crippen molar-refractivity contribution in [3.05, 3.63) is 47.0 Å². The predicted molar refractivity (Wildman–Crippen MR) is 75.9 cm³/mol. The first kappa shape index (κ1) is 12.4. The smallest absolute Gasteiger partial charge is 0.277 e. The van der Waals surface area contributed by atoms with E-state index in [-0.39, 0.29) is 5.91 Å². The third kappa shape index (κ3) is 1.95. The zero-order valence-electron chi connectivity index (χ0n) is 11.6. The molecule has 0 aliphatic rings. The third-order valence-corrected chi connectivity index (χ3v) is 3.41. The van der Waals surface area contributed by atoms with Crippen LogP contribution in [0, 0.1) is 20.8 Å². The Hall–Kier alpha value is -2.63. The summed E-state index contributed by atoms with van der Waals surface area (Å²) in [6, 6.07) is 5.76. The molecule has 0 fully saturated rings. The predicted octanol–water partition coefficient (Wildman–Crippen LogP) is 2.23. The van der Waals surface area contributed by atoms with E-state index in [1.165, 1.54) is 0 Å². The number of pyridine rings is 1. The Labute approximate surface area is 115 Å². The minimum absolute atomic E-state index is 0.261. The summed E-state index contributed by atoms with van der Waals surface area (Å²) >= 11 is 0. The minimum atomic E-state index is -0.261. The highest BCUT2D eigenvalue weighted by Crippen LogP contribution is 2.15. The van der Waals surface area contributed by atoms with Crippen LogP contribution < -0.4 is 5.32 Å². The van der Waals surface area contributed by atoms with Gasteiger partial charge in [0.15, 0.2) is 5.82 Å². The molecule has 0 unspecified atom stereocenters. The van der Waals surface area contributed by atoms with Gasteiger partial charge in [0.1, 0.15) is 11.3 Å². The zero-order valence-corrected chi connectivity index (χ0v) is 11.6. The number of H-pyrrole nitrogens is 1. The van der Waals surface area contributed by atoms with E-state index >= 15 is 0 Å². The monoisotopic (exact) mass is 269 g/mol. The van der Waals surface area contributed by atoms with Gasteiger partial charge in [-0.2, -0.15) is 5.10 Å². The van der Waals surface area contributed by atoms with Crippen LogP contribution in [0.5, 0.6) is 0 Å². The standard InChI is InChI=1S/C14H15N5O/c1-8-5-4-6-12-15-11(7-19(8)12)14(20)16-13-9(2)10(3)17-18-13/h4-7H,1-3H3,(H2,16,17,18,20). The van der Waals surface area contributed by atoms with Crippen molar-refractivity contribution in [2.75, 3.05) is 5.32 Å². The Balaban J connectivity index is 1.93. The van der Waals surface area contributed by atoms with Gasteiger partial charge in [0.25, 0.3) is 5.91 Å². The molecule has 0 aliphatic carbocycles. The molecule has 0 atom stereocenters. The summed E-state index contributed by atoms with van der Waals surface area (Å²) in [4.78, 5) is 16.5. The lowest BCUT2D eigenvalue weighted by Gasteiger charge is -1.99. The normalized spacial score (nSPS) is 10.9. The Bertz CT molecular complexity index is 799. The number of rotatable bonds is 2. The fourth-order valence-corrected chi connectivity index (χ4v) is 2.04. The van der Waals surface area contributed by atoms with E-state index in [4.69, 9.17) is 0 Å². The number of fused-ring (bicyclic) bond motifs is 1. The summed E-state index contributed by atoms with van der Waals surface area (Å²) in [6.07, 6.45) is 1.73. The van der Waals surface area contributed by atoms with Crippen LogP contribution >= 0.6 is 0 Å². The number of amides is 1. The second kappa shape index (κ2) is 4.48. The molecule has 3 aromatic heterocycles. The number of hydrogen-bond donors (Lipinski definition) is 2. The summed E-state index contributed by atoms with van der Waals surface area (Å²) in [5.41, 5.74) is 4.02. The molecule has 0 saturated carbocycles. The highest BCUT2D eigenvalue weighted by molar-refractivity contribution is 6.03. The van der Waals surface area contributed by atoms with Crippen LogP contribution in [0.15, 0.2) is 24.4 Å². The number of imidazole rings is 1. The van der Waals surface area contributed by atoms with Gasteiger partial charge in [-0.15, -0.1) is 0 Å². The SMILES string of the molecule is Cc1[nH]nc(NC(=O)c2cn3c(C)cccc3n2)c1C. The molecule has 20 heavy (non-hydrogen) atoms. The average molecular weight is 269 g/mol. The first-order valence-electron chi connectivity index (χ1n) is 6.34. The highest BCUT2D eigenvalue weighted by Gasteiger charge is 2.14. The van der Waals surface area contributed by atoms with Crippen LogP contribution in [0.2, 0.25) is 0 Å². The molecule has 0 bridgehead atoms. The van der Waals surface area contributed by atoms with Gasteiger partial charge in [-0.1, -0.05) is 6.07 Å². The van der Waals surface area contributed by atoms with Crippen LogP contribution in [0.4, 0.5) is 5.82 Å². The molecule has 0 aliphatic heterocycles. The summed E-state index contributed by atoms with van der Waals surface area (Å²) in [7, 11) is 0. The van der Waals surface area contributed by atoms with Crippen molar-refractivity contribution < 1.29 is 4.79 Å². The lowest BCUT2D eigenvalue weighted by atomic mass is 10.3. The molecule has 1 amide bonds. The Morgan fingerprint density at radius 3 is 2.75 bits per heavy atom. The molecular weight excluding hydrogens is 254 g/mol. The van der Waals surface area contributed by atoms with Crippen molar-refractivity contribution in [3.63, 3.8) is 0 Å². The van der Waals surface area contributed by atoms with Crippen LogP contribution in [0.3, 0.4) is 0 Å². The molecule has 6 nitrogen and oxygen atoms in total. The lowest BCUT2D eigenvalue weighted by Crippen LogP contribution is -2.13. The molecule has 0 radical (unpaired) electrons.